The Balaban J connectivity index is 1.49. The van der Waals surface area contributed by atoms with Crippen LogP contribution >= 0.6 is 0 Å². The van der Waals surface area contributed by atoms with E-state index in [-0.39, 0.29) is 29.0 Å². The highest BCUT2D eigenvalue weighted by atomic mass is 32.2. The highest BCUT2D eigenvalue weighted by molar-refractivity contribution is 7.90. The zero-order valence-corrected chi connectivity index (χ0v) is 15.2. The molecule has 2 amide bonds. The van der Waals surface area contributed by atoms with Gasteiger partial charge in [0.1, 0.15) is 15.9 Å². The Morgan fingerprint density at radius 3 is 2.38 bits per heavy atom. The van der Waals surface area contributed by atoms with Crippen molar-refractivity contribution in [2.24, 2.45) is 23.2 Å². The Hall–Kier alpha value is -1.11. The summed E-state index contributed by atoms with van der Waals surface area (Å²) in [5.41, 5.74) is 0.128. The summed E-state index contributed by atoms with van der Waals surface area (Å²) in [4.78, 5) is 29.4. The van der Waals surface area contributed by atoms with E-state index in [0.29, 0.717) is 18.4 Å². The van der Waals surface area contributed by atoms with Crippen LogP contribution in [0.1, 0.15) is 32.6 Å². The van der Waals surface area contributed by atoms with Crippen molar-refractivity contribution in [3.8, 4) is 0 Å². The van der Waals surface area contributed by atoms with Gasteiger partial charge < -0.3 is 9.80 Å². The Morgan fingerprint density at radius 1 is 1.21 bits per heavy atom. The maximum Gasteiger partial charge on any atom is 0.245 e. The van der Waals surface area contributed by atoms with E-state index in [1.165, 1.54) is 6.42 Å². The number of fused-ring (bicyclic) bond motifs is 1. The van der Waals surface area contributed by atoms with Crippen LogP contribution in [0.25, 0.3) is 0 Å². The van der Waals surface area contributed by atoms with Crippen molar-refractivity contribution in [2.75, 3.05) is 31.6 Å². The topological polar surface area (TPSA) is 74.8 Å². The van der Waals surface area contributed by atoms with Crippen LogP contribution in [-0.4, -0.2) is 67.7 Å². The molecule has 0 N–H and O–H groups in total. The average molecular weight is 354 g/mol. The molecule has 4 rings (SSSR count). The van der Waals surface area contributed by atoms with Gasteiger partial charge in [0.05, 0.1) is 5.75 Å². The van der Waals surface area contributed by atoms with Crippen LogP contribution in [0.5, 0.6) is 0 Å². The lowest BCUT2D eigenvalue weighted by Crippen LogP contribution is -2.49. The first kappa shape index (κ1) is 16.4. The zero-order chi connectivity index (χ0) is 17.3. The number of amides is 2. The van der Waals surface area contributed by atoms with E-state index in [1.807, 2.05) is 4.90 Å². The third-order valence-electron chi connectivity index (χ3n) is 6.30. The Labute approximate surface area is 143 Å². The van der Waals surface area contributed by atoms with Gasteiger partial charge in [-0.3, -0.25) is 9.59 Å². The minimum Gasteiger partial charge on any atom is -0.340 e. The molecular formula is C17H26N2O4S. The molecule has 0 aromatic heterocycles. The number of nitrogens with zero attached hydrogens (tertiary/aromatic N) is 2. The van der Waals surface area contributed by atoms with Crippen LogP contribution in [0.2, 0.25) is 0 Å². The summed E-state index contributed by atoms with van der Waals surface area (Å²) >= 11 is 0. The van der Waals surface area contributed by atoms with E-state index < -0.39 is 15.8 Å². The predicted molar refractivity (Wildman–Crippen MR) is 88.8 cm³/mol. The molecule has 2 saturated carbocycles. The van der Waals surface area contributed by atoms with E-state index >= 15 is 0 Å². The molecule has 4 fully saturated rings. The van der Waals surface area contributed by atoms with Crippen LogP contribution in [0.3, 0.4) is 0 Å². The number of sulfone groups is 1. The van der Waals surface area contributed by atoms with Crippen LogP contribution in [0.4, 0.5) is 0 Å². The second-order valence-corrected chi connectivity index (χ2v) is 10.9. The first-order valence-electron chi connectivity index (χ1n) is 8.94. The zero-order valence-electron chi connectivity index (χ0n) is 14.4. The van der Waals surface area contributed by atoms with Gasteiger partial charge in [-0.05, 0) is 42.9 Å². The molecular weight excluding hydrogens is 328 g/mol. The van der Waals surface area contributed by atoms with Gasteiger partial charge in [-0.25, -0.2) is 8.42 Å². The molecule has 2 aliphatic carbocycles. The number of piperidine rings is 1. The molecule has 6 nitrogen and oxygen atoms in total. The first-order valence-corrected chi connectivity index (χ1v) is 11.0. The van der Waals surface area contributed by atoms with Crippen LogP contribution in [-0.2, 0) is 19.4 Å². The minimum absolute atomic E-state index is 0.0888. The monoisotopic (exact) mass is 354 g/mol. The number of hydrogen-bond donors (Lipinski definition) is 0. The normalized spacial score (nSPS) is 34.3. The van der Waals surface area contributed by atoms with Crippen molar-refractivity contribution < 1.29 is 18.0 Å². The number of rotatable bonds is 4. The summed E-state index contributed by atoms with van der Waals surface area (Å²) in [5, 5.41) is 0. The average Bonchev–Trinajstić information content (AvgIpc) is 3.32. The van der Waals surface area contributed by atoms with E-state index in [1.54, 1.807) is 11.8 Å². The van der Waals surface area contributed by atoms with Crippen molar-refractivity contribution in [3.63, 3.8) is 0 Å². The molecule has 2 heterocycles. The molecule has 1 spiro atoms. The summed E-state index contributed by atoms with van der Waals surface area (Å²) in [6.45, 7) is 3.97. The van der Waals surface area contributed by atoms with Crippen molar-refractivity contribution >= 4 is 21.7 Å². The summed E-state index contributed by atoms with van der Waals surface area (Å²) in [7, 11) is -3.21. The molecule has 4 atom stereocenters. The van der Waals surface area contributed by atoms with E-state index in [9.17, 15) is 18.0 Å². The van der Waals surface area contributed by atoms with Gasteiger partial charge in [0, 0.05) is 31.8 Å². The smallest absolute Gasteiger partial charge is 0.245 e. The van der Waals surface area contributed by atoms with E-state index in [0.717, 1.165) is 38.6 Å². The van der Waals surface area contributed by atoms with Gasteiger partial charge in [0.2, 0.25) is 11.8 Å². The second-order valence-electron chi connectivity index (χ2n) is 8.68. The van der Waals surface area contributed by atoms with Gasteiger partial charge in [-0.15, -0.1) is 0 Å². The first-order chi connectivity index (χ1) is 11.2. The number of carbonyl (C=O) groups excluding carboxylic acids is 2. The molecule has 2 aliphatic heterocycles. The number of likely N-dealkylation sites (tertiary alicyclic amines) is 2. The van der Waals surface area contributed by atoms with E-state index in [2.05, 4.69) is 0 Å². The van der Waals surface area contributed by atoms with Crippen LogP contribution in [0, 0.1) is 23.2 Å². The molecule has 0 aromatic carbocycles. The number of hydrogen-bond acceptors (Lipinski definition) is 4. The van der Waals surface area contributed by atoms with Gasteiger partial charge in [-0.2, -0.15) is 0 Å². The minimum atomic E-state index is -3.21. The fourth-order valence-corrected chi connectivity index (χ4v) is 5.70. The number of carbonyl (C=O) groups is 2. The quantitative estimate of drug-likeness (QED) is 0.738. The highest BCUT2D eigenvalue weighted by Crippen LogP contribution is 2.55. The Bertz CT molecular complexity index is 675. The molecule has 4 aliphatic rings. The molecule has 134 valence electrons. The molecule has 3 unspecified atom stereocenters. The maximum absolute atomic E-state index is 13.0. The maximum atomic E-state index is 13.0. The lowest BCUT2D eigenvalue weighted by Gasteiger charge is -2.30. The molecule has 0 bridgehead atoms. The summed E-state index contributed by atoms with van der Waals surface area (Å²) in [6.07, 6.45) is 5.31. The summed E-state index contributed by atoms with van der Waals surface area (Å²) < 4.78 is 23.0. The van der Waals surface area contributed by atoms with E-state index in [4.69, 9.17) is 0 Å². The van der Waals surface area contributed by atoms with Gasteiger partial charge in [0.15, 0.2) is 0 Å². The Morgan fingerprint density at radius 2 is 1.83 bits per heavy atom. The molecule has 7 heteroatoms. The lowest BCUT2D eigenvalue weighted by atomic mass is 10.0. The fraction of sp³-hybridized carbons (Fsp3) is 0.882. The predicted octanol–water partition coefficient (Wildman–Crippen LogP) is 0.527. The third-order valence-corrected chi connectivity index (χ3v) is 7.40. The van der Waals surface area contributed by atoms with Gasteiger partial charge in [0.25, 0.3) is 0 Å². The van der Waals surface area contributed by atoms with Crippen molar-refractivity contribution in [2.45, 2.75) is 38.6 Å². The SMILES string of the molecule is CC(CS(C)(=O)=O)C(=O)N1CC2(CC2)C[C@H]1C(=O)N1CC2CC2C1. The summed E-state index contributed by atoms with van der Waals surface area (Å²) in [5.74, 6) is 0.537. The molecule has 24 heavy (non-hydrogen) atoms. The largest absolute Gasteiger partial charge is 0.340 e. The lowest BCUT2D eigenvalue weighted by molar-refractivity contribution is -0.145. The molecule has 2 saturated heterocycles. The molecule has 0 aromatic rings. The highest BCUT2D eigenvalue weighted by Gasteiger charge is 2.57. The third kappa shape index (κ3) is 2.95. The second kappa shape index (κ2) is 5.19. The van der Waals surface area contributed by atoms with Crippen molar-refractivity contribution in [3.05, 3.63) is 0 Å². The molecule has 0 radical (unpaired) electrons. The van der Waals surface area contributed by atoms with Crippen molar-refractivity contribution in [1.82, 2.24) is 9.80 Å². The standard InChI is InChI=1S/C17H26N2O4S/c1-11(9-24(2,22)23)15(20)19-10-17(3-4-17)6-14(19)16(21)18-7-12-5-13(12)8-18/h11-14H,3-10H2,1-2H3/t11?,12?,13?,14-/m0/s1. The van der Waals surface area contributed by atoms with Gasteiger partial charge in [-0.1, -0.05) is 6.92 Å². The summed E-state index contributed by atoms with van der Waals surface area (Å²) in [6, 6.07) is -0.375. The fourth-order valence-electron chi connectivity index (χ4n) is 4.64. The van der Waals surface area contributed by atoms with Crippen LogP contribution < -0.4 is 0 Å². The van der Waals surface area contributed by atoms with Crippen molar-refractivity contribution in [1.29, 1.82) is 0 Å². The Kier molecular flexibility index (Phi) is 3.54. The van der Waals surface area contributed by atoms with Gasteiger partial charge >= 0.3 is 0 Å². The van der Waals surface area contributed by atoms with Crippen LogP contribution in [0.15, 0.2) is 0 Å².